The number of aryl methyl sites for hydroxylation is 2. The van der Waals surface area contributed by atoms with E-state index in [1.54, 1.807) is 0 Å². The van der Waals surface area contributed by atoms with E-state index in [-0.39, 0.29) is 10.8 Å². The molecular weight excluding hydrogens is 248 g/mol. The molecule has 0 atom stereocenters. The lowest BCUT2D eigenvalue weighted by Crippen LogP contribution is -2.06. The standard InChI is InChI=1S/C13H14N2O2S/c1-7-3-4-10-9(6-18-13(14)15)5-11(16)17-12(10)8(7)2/h3-5H,6H2,1-2H3,(H3,14,15). The largest absolute Gasteiger partial charge is 0.422 e. The molecular formula is C13H14N2O2S. The minimum Gasteiger partial charge on any atom is -0.422 e. The summed E-state index contributed by atoms with van der Waals surface area (Å²) in [6, 6.07) is 5.41. The molecule has 5 heteroatoms. The van der Waals surface area contributed by atoms with Crippen molar-refractivity contribution in [3.63, 3.8) is 0 Å². The first-order chi connectivity index (χ1) is 8.49. The predicted octanol–water partition coefficient (Wildman–Crippen LogP) is 2.54. The van der Waals surface area contributed by atoms with Crippen LogP contribution in [0.3, 0.4) is 0 Å². The van der Waals surface area contributed by atoms with Gasteiger partial charge in [-0.15, -0.1) is 0 Å². The van der Waals surface area contributed by atoms with Crippen molar-refractivity contribution >= 4 is 27.9 Å². The van der Waals surface area contributed by atoms with E-state index in [2.05, 4.69) is 0 Å². The molecule has 0 spiro atoms. The minimum atomic E-state index is -0.365. The summed E-state index contributed by atoms with van der Waals surface area (Å²) in [5, 5.41) is 8.17. The number of amidine groups is 1. The van der Waals surface area contributed by atoms with Crippen LogP contribution in [0.15, 0.2) is 27.4 Å². The Bertz CT molecular complexity index is 676. The molecule has 0 aliphatic carbocycles. The SMILES string of the molecule is Cc1ccc2c(CSC(=N)N)cc(=O)oc2c1C. The molecule has 1 aromatic heterocycles. The summed E-state index contributed by atoms with van der Waals surface area (Å²) in [6.45, 7) is 3.91. The van der Waals surface area contributed by atoms with Crippen molar-refractivity contribution in [3.8, 4) is 0 Å². The van der Waals surface area contributed by atoms with E-state index in [0.717, 1.165) is 22.1 Å². The van der Waals surface area contributed by atoms with Gasteiger partial charge in [0.1, 0.15) is 5.58 Å². The second-order valence-corrected chi connectivity index (χ2v) is 5.14. The van der Waals surface area contributed by atoms with E-state index in [1.165, 1.54) is 17.8 Å². The van der Waals surface area contributed by atoms with Gasteiger partial charge in [-0.25, -0.2) is 4.79 Å². The van der Waals surface area contributed by atoms with Crippen LogP contribution in [0.4, 0.5) is 0 Å². The van der Waals surface area contributed by atoms with Gasteiger partial charge in [-0.3, -0.25) is 5.41 Å². The molecule has 0 saturated carbocycles. The zero-order valence-corrected chi connectivity index (χ0v) is 11.1. The average Bonchev–Trinajstić information content (AvgIpc) is 2.31. The lowest BCUT2D eigenvalue weighted by molar-refractivity contribution is 0.557. The van der Waals surface area contributed by atoms with Gasteiger partial charge < -0.3 is 10.2 Å². The Morgan fingerprint density at radius 2 is 2.17 bits per heavy atom. The van der Waals surface area contributed by atoms with Gasteiger partial charge in [0.25, 0.3) is 0 Å². The summed E-state index contributed by atoms with van der Waals surface area (Å²) in [6.07, 6.45) is 0. The number of nitrogens with one attached hydrogen (secondary N) is 1. The van der Waals surface area contributed by atoms with Crippen molar-refractivity contribution in [1.82, 2.24) is 0 Å². The molecule has 2 rings (SSSR count). The number of thioether (sulfide) groups is 1. The third-order valence-corrected chi connectivity index (χ3v) is 3.67. The highest BCUT2D eigenvalue weighted by molar-refractivity contribution is 8.13. The molecule has 1 aromatic carbocycles. The van der Waals surface area contributed by atoms with Crippen LogP contribution in [0.2, 0.25) is 0 Å². The van der Waals surface area contributed by atoms with Crippen LogP contribution >= 0.6 is 11.8 Å². The lowest BCUT2D eigenvalue weighted by Gasteiger charge is -2.08. The fourth-order valence-electron chi connectivity index (χ4n) is 1.80. The molecule has 0 unspecified atom stereocenters. The molecule has 0 radical (unpaired) electrons. The molecule has 94 valence electrons. The van der Waals surface area contributed by atoms with Crippen LogP contribution in [0.5, 0.6) is 0 Å². The zero-order valence-electron chi connectivity index (χ0n) is 10.2. The Labute approximate surface area is 109 Å². The van der Waals surface area contributed by atoms with Gasteiger partial charge in [-0.1, -0.05) is 23.9 Å². The molecule has 0 aliphatic rings. The first-order valence-corrected chi connectivity index (χ1v) is 6.47. The van der Waals surface area contributed by atoms with Gasteiger partial charge in [0, 0.05) is 17.2 Å². The van der Waals surface area contributed by atoms with Gasteiger partial charge in [-0.2, -0.15) is 0 Å². The average molecular weight is 262 g/mol. The molecule has 3 N–H and O–H groups in total. The molecule has 0 amide bonds. The summed E-state index contributed by atoms with van der Waals surface area (Å²) >= 11 is 1.20. The Kier molecular flexibility index (Phi) is 3.43. The van der Waals surface area contributed by atoms with Crippen molar-refractivity contribution in [2.45, 2.75) is 19.6 Å². The van der Waals surface area contributed by atoms with E-state index >= 15 is 0 Å². The lowest BCUT2D eigenvalue weighted by atomic mass is 10.0. The van der Waals surface area contributed by atoms with Crippen LogP contribution < -0.4 is 11.4 Å². The molecule has 4 nitrogen and oxygen atoms in total. The van der Waals surface area contributed by atoms with Crippen molar-refractivity contribution in [2.75, 3.05) is 0 Å². The van der Waals surface area contributed by atoms with E-state index in [1.807, 2.05) is 26.0 Å². The van der Waals surface area contributed by atoms with Crippen molar-refractivity contribution in [3.05, 3.63) is 45.3 Å². The van der Waals surface area contributed by atoms with Crippen molar-refractivity contribution in [1.29, 1.82) is 5.41 Å². The van der Waals surface area contributed by atoms with Gasteiger partial charge in [-0.05, 0) is 30.5 Å². The Hall–Kier alpha value is -1.75. The fourth-order valence-corrected chi connectivity index (χ4v) is 2.35. The normalized spacial score (nSPS) is 10.8. The highest BCUT2D eigenvalue weighted by Crippen LogP contribution is 2.25. The van der Waals surface area contributed by atoms with E-state index in [0.29, 0.717) is 11.3 Å². The highest BCUT2D eigenvalue weighted by atomic mass is 32.2. The topological polar surface area (TPSA) is 80.1 Å². The smallest absolute Gasteiger partial charge is 0.336 e. The summed E-state index contributed by atoms with van der Waals surface area (Å²) < 4.78 is 5.27. The van der Waals surface area contributed by atoms with E-state index in [4.69, 9.17) is 15.6 Å². The number of rotatable bonds is 2. The minimum absolute atomic E-state index is 0.0419. The third kappa shape index (κ3) is 2.41. The van der Waals surface area contributed by atoms with Crippen LogP contribution in [0.1, 0.15) is 16.7 Å². The monoisotopic (exact) mass is 262 g/mol. The number of benzene rings is 1. The molecule has 1 heterocycles. The van der Waals surface area contributed by atoms with Crippen LogP contribution in [0.25, 0.3) is 11.0 Å². The summed E-state index contributed by atoms with van der Waals surface area (Å²) in [5.41, 5.74) is 8.49. The number of nitrogens with two attached hydrogens (primary N) is 1. The molecule has 0 bridgehead atoms. The van der Waals surface area contributed by atoms with Gasteiger partial charge >= 0.3 is 5.63 Å². The summed E-state index contributed by atoms with van der Waals surface area (Å²) in [5.74, 6) is 0.500. The van der Waals surface area contributed by atoms with Crippen LogP contribution in [-0.2, 0) is 5.75 Å². The second kappa shape index (κ2) is 4.86. The Morgan fingerprint density at radius 3 is 2.83 bits per heavy atom. The maximum atomic E-state index is 11.6. The summed E-state index contributed by atoms with van der Waals surface area (Å²) in [7, 11) is 0. The van der Waals surface area contributed by atoms with E-state index in [9.17, 15) is 4.79 Å². The molecule has 2 aromatic rings. The number of hydrogen-bond acceptors (Lipinski definition) is 4. The molecule has 0 saturated heterocycles. The van der Waals surface area contributed by atoms with Crippen molar-refractivity contribution < 1.29 is 4.42 Å². The van der Waals surface area contributed by atoms with Gasteiger partial charge in [0.2, 0.25) is 0 Å². The van der Waals surface area contributed by atoms with Crippen LogP contribution in [-0.4, -0.2) is 5.17 Å². The molecule has 18 heavy (non-hydrogen) atoms. The molecule has 0 fully saturated rings. The van der Waals surface area contributed by atoms with E-state index < -0.39 is 0 Å². The fraction of sp³-hybridized carbons (Fsp3) is 0.231. The first kappa shape index (κ1) is 12.7. The zero-order chi connectivity index (χ0) is 13.3. The van der Waals surface area contributed by atoms with Crippen LogP contribution in [0, 0.1) is 19.3 Å². The highest BCUT2D eigenvalue weighted by Gasteiger charge is 2.09. The Morgan fingerprint density at radius 1 is 1.44 bits per heavy atom. The first-order valence-electron chi connectivity index (χ1n) is 5.49. The predicted molar refractivity (Wildman–Crippen MR) is 75.2 cm³/mol. The third-order valence-electron chi connectivity index (χ3n) is 2.90. The van der Waals surface area contributed by atoms with Gasteiger partial charge in [0.05, 0.1) is 0 Å². The second-order valence-electron chi connectivity index (χ2n) is 4.13. The number of hydrogen-bond donors (Lipinski definition) is 2. The van der Waals surface area contributed by atoms with Crippen molar-refractivity contribution in [2.24, 2.45) is 5.73 Å². The van der Waals surface area contributed by atoms with Gasteiger partial charge in [0.15, 0.2) is 5.17 Å². The Balaban J connectivity index is 2.63. The molecule has 0 aliphatic heterocycles. The summed E-state index contributed by atoms with van der Waals surface area (Å²) in [4.78, 5) is 11.6. The quantitative estimate of drug-likeness (QED) is 0.495. The number of fused-ring (bicyclic) bond motifs is 1. The maximum absolute atomic E-state index is 11.6. The maximum Gasteiger partial charge on any atom is 0.336 e.